The summed E-state index contributed by atoms with van der Waals surface area (Å²) < 4.78 is 5.00. The zero-order chi connectivity index (χ0) is 12.0. The number of carbonyl (C=O) groups is 1. The van der Waals surface area contributed by atoms with Crippen LogP contribution < -0.4 is 5.32 Å². The van der Waals surface area contributed by atoms with Gasteiger partial charge in [-0.3, -0.25) is 9.78 Å². The number of amides is 1. The summed E-state index contributed by atoms with van der Waals surface area (Å²) in [4.78, 5) is 15.6. The van der Waals surface area contributed by atoms with Gasteiger partial charge in [0.25, 0.3) is 0 Å². The van der Waals surface area contributed by atoms with Crippen molar-refractivity contribution in [1.82, 2.24) is 4.98 Å². The molecule has 4 heteroatoms. The van der Waals surface area contributed by atoms with Crippen molar-refractivity contribution < 1.29 is 9.53 Å². The van der Waals surface area contributed by atoms with Gasteiger partial charge in [-0.05, 0) is 17.5 Å². The molecule has 1 aromatic heterocycles. The monoisotopic (exact) mass is 222 g/mol. The van der Waals surface area contributed by atoms with E-state index in [4.69, 9.17) is 4.74 Å². The number of methoxy groups -OCH3 is 1. The number of hydrogen-bond acceptors (Lipinski definition) is 3. The lowest BCUT2D eigenvalue weighted by Crippen LogP contribution is -2.14. The molecule has 0 aliphatic heterocycles. The Morgan fingerprint density at radius 1 is 1.50 bits per heavy atom. The maximum atomic E-state index is 11.5. The molecule has 0 aliphatic rings. The minimum atomic E-state index is 0.0198. The Labute approximate surface area is 96.0 Å². The summed E-state index contributed by atoms with van der Waals surface area (Å²) in [6.07, 6.45) is 3.88. The molecule has 0 spiro atoms. The lowest BCUT2D eigenvalue weighted by atomic mass is 10.1. The molecular weight excluding hydrogens is 204 g/mol. The van der Waals surface area contributed by atoms with Crippen LogP contribution in [-0.2, 0) is 16.1 Å². The zero-order valence-electron chi connectivity index (χ0n) is 9.99. The molecule has 1 aromatic rings. The molecule has 0 aromatic carbocycles. The molecule has 0 atom stereocenters. The van der Waals surface area contributed by atoms with Gasteiger partial charge in [0, 0.05) is 19.7 Å². The van der Waals surface area contributed by atoms with Crippen LogP contribution in [-0.4, -0.2) is 18.0 Å². The summed E-state index contributed by atoms with van der Waals surface area (Å²) in [7, 11) is 1.63. The number of hydrogen-bond donors (Lipinski definition) is 1. The molecule has 0 bridgehead atoms. The van der Waals surface area contributed by atoms with Crippen LogP contribution >= 0.6 is 0 Å². The first-order chi connectivity index (χ1) is 7.61. The number of anilines is 1. The molecule has 1 rings (SSSR count). The Morgan fingerprint density at radius 3 is 2.88 bits per heavy atom. The number of nitrogens with one attached hydrogen (secondary N) is 1. The van der Waals surface area contributed by atoms with Gasteiger partial charge in [0.05, 0.1) is 18.5 Å². The van der Waals surface area contributed by atoms with E-state index < -0.39 is 0 Å². The second-order valence-electron chi connectivity index (χ2n) is 4.16. The van der Waals surface area contributed by atoms with Gasteiger partial charge < -0.3 is 10.1 Å². The molecule has 1 amide bonds. The summed E-state index contributed by atoms with van der Waals surface area (Å²) in [5.74, 6) is 0.376. The van der Waals surface area contributed by atoms with Gasteiger partial charge in [0.15, 0.2) is 0 Å². The van der Waals surface area contributed by atoms with Crippen LogP contribution in [0.5, 0.6) is 0 Å². The molecule has 0 unspecified atom stereocenters. The molecule has 1 heterocycles. The molecule has 16 heavy (non-hydrogen) atoms. The van der Waals surface area contributed by atoms with Gasteiger partial charge in [0.1, 0.15) is 0 Å². The molecule has 0 saturated carbocycles. The number of nitrogens with zero attached hydrogens (tertiary/aromatic N) is 1. The van der Waals surface area contributed by atoms with Gasteiger partial charge in [-0.25, -0.2) is 0 Å². The summed E-state index contributed by atoms with van der Waals surface area (Å²) in [6, 6.07) is 1.87. The van der Waals surface area contributed by atoms with Gasteiger partial charge in [-0.15, -0.1) is 0 Å². The van der Waals surface area contributed by atoms with Crippen molar-refractivity contribution >= 4 is 11.6 Å². The molecule has 88 valence electrons. The van der Waals surface area contributed by atoms with Crippen LogP contribution in [0.15, 0.2) is 18.5 Å². The van der Waals surface area contributed by atoms with E-state index in [0.717, 1.165) is 11.3 Å². The van der Waals surface area contributed by atoms with Crippen LogP contribution in [0, 0.1) is 5.92 Å². The Kier molecular flexibility index (Phi) is 4.92. The first-order valence-electron chi connectivity index (χ1n) is 5.34. The third kappa shape index (κ3) is 4.40. The second kappa shape index (κ2) is 6.23. The number of ether oxygens (including phenoxy) is 1. The van der Waals surface area contributed by atoms with Gasteiger partial charge in [0.2, 0.25) is 5.91 Å². The van der Waals surface area contributed by atoms with Crippen LogP contribution in [0.1, 0.15) is 25.8 Å². The molecule has 4 nitrogen and oxygen atoms in total. The minimum Gasteiger partial charge on any atom is -0.380 e. The Bertz CT molecular complexity index is 351. The topological polar surface area (TPSA) is 51.2 Å². The SMILES string of the molecule is COCc1cncc(NC(=O)CC(C)C)c1. The van der Waals surface area contributed by atoms with Crippen LogP contribution in [0.4, 0.5) is 5.69 Å². The van der Waals surface area contributed by atoms with Crippen molar-refractivity contribution in [3.8, 4) is 0 Å². The summed E-state index contributed by atoms with van der Waals surface area (Å²) in [6.45, 7) is 4.53. The van der Waals surface area contributed by atoms with Gasteiger partial charge in [-0.1, -0.05) is 13.8 Å². The van der Waals surface area contributed by atoms with E-state index in [9.17, 15) is 4.79 Å². The lowest BCUT2D eigenvalue weighted by molar-refractivity contribution is -0.116. The maximum Gasteiger partial charge on any atom is 0.224 e. The van der Waals surface area contributed by atoms with Crippen LogP contribution in [0.2, 0.25) is 0 Å². The average Bonchev–Trinajstić information content (AvgIpc) is 2.17. The van der Waals surface area contributed by atoms with Gasteiger partial charge in [-0.2, -0.15) is 0 Å². The number of aromatic nitrogens is 1. The molecule has 0 saturated heterocycles. The number of pyridine rings is 1. The highest BCUT2D eigenvalue weighted by Crippen LogP contribution is 2.10. The summed E-state index contributed by atoms with van der Waals surface area (Å²) >= 11 is 0. The third-order valence-corrected chi connectivity index (χ3v) is 1.98. The van der Waals surface area contributed by atoms with Crippen LogP contribution in [0.25, 0.3) is 0 Å². The largest absolute Gasteiger partial charge is 0.380 e. The fourth-order valence-electron chi connectivity index (χ4n) is 1.38. The van der Waals surface area contributed by atoms with E-state index >= 15 is 0 Å². The first-order valence-corrected chi connectivity index (χ1v) is 5.34. The van der Waals surface area contributed by atoms with E-state index in [1.165, 1.54) is 0 Å². The van der Waals surface area contributed by atoms with Crippen molar-refractivity contribution in [1.29, 1.82) is 0 Å². The molecule has 0 radical (unpaired) electrons. The Hall–Kier alpha value is -1.42. The standard InChI is InChI=1S/C12H18N2O2/c1-9(2)4-12(15)14-11-5-10(8-16-3)6-13-7-11/h5-7,9H,4,8H2,1-3H3,(H,14,15). The Balaban J connectivity index is 2.59. The molecule has 1 N–H and O–H groups in total. The van der Waals surface area contributed by atoms with E-state index in [1.54, 1.807) is 19.5 Å². The fourth-order valence-corrected chi connectivity index (χ4v) is 1.38. The lowest BCUT2D eigenvalue weighted by Gasteiger charge is -2.07. The highest BCUT2D eigenvalue weighted by molar-refractivity contribution is 5.90. The summed E-state index contributed by atoms with van der Waals surface area (Å²) in [5.41, 5.74) is 1.67. The molecule has 0 aliphatic carbocycles. The highest BCUT2D eigenvalue weighted by Gasteiger charge is 2.05. The predicted octanol–water partition coefficient (Wildman–Crippen LogP) is 2.21. The van der Waals surface area contributed by atoms with Crippen molar-refractivity contribution in [3.05, 3.63) is 24.0 Å². The predicted molar refractivity (Wildman–Crippen MR) is 63.0 cm³/mol. The quantitative estimate of drug-likeness (QED) is 0.831. The normalized spacial score (nSPS) is 10.5. The maximum absolute atomic E-state index is 11.5. The van der Waals surface area contributed by atoms with E-state index in [0.29, 0.717) is 18.9 Å². The Morgan fingerprint density at radius 2 is 2.25 bits per heavy atom. The van der Waals surface area contributed by atoms with E-state index in [1.807, 2.05) is 19.9 Å². The van der Waals surface area contributed by atoms with E-state index in [2.05, 4.69) is 10.3 Å². The summed E-state index contributed by atoms with van der Waals surface area (Å²) in [5, 5.41) is 2.82. The smallest absolute Gasteiger partial charge is 0.224 e. The van der Waals surface area contributed by atoms with Crippen molar-refractivity contribution in [2.24, 2.45) is 5.92 Å². The minimum absolute atomic E-state index is 0.0198. The van der Waals surface area contributed by atoms with Gasteiger partial charge >= 0.3 is 0 Å². The first kappa shape index (κ1) is 12.6. The van der Waals surface area contributed by atoms with Crippen molar-refractivity contribution in [2.45, 2.75) is 26.9 Å². The van der Waals surface area contributed by atoms with Crippen molar-refractivity contribution in [2.75, 3.05) is 12.4 Å². The average molecular weight is 222 g/mol. The van der Waals surface area contributed by atoms with E-state index in [-0.39, 0.29) is 5.91 Å². The molecular formula is C12H18N2O2. The fraction of sp³-hybridized carbons (Fsp3) is 0.500. The van der Waals surface area contributed by atoms with Crippen molar-refractivity contribution in [3.63, 3.8) is 0 Å². The second-order valence-corrected chi connectivity index (χ2v) is 4.16. The molecule has 0 fully saturated rings. The number of rotatable bonds is 5. The highest BCUT2D eigenvalue weighted by atomic mass is 16.5. The number of carbonyl (C=O) groups excluding carboxylic acids is 1. The van der Waals surface area contributed by atoms with Crippen LogP contribution in [0.3, 0.4) is 0 Å². The zero-order valence-corrected chi connectivity index (χ0v) is 9.99. The third-order valence-electron chi connectivity index (χ3n) is 1.98.